The smallest absolute Gasteiger partial charge is 0.267 e. The number of halogens is 1. The molecule has 1 saturated carbocycles. The highest BCUT2D eigenvalue weighted by atomic mass is 35.5. The zero-order chi connectivity index (χ0) is 20.6. The highest BCUT2D eigenvalue weighted by molar-refractivity contribution is 7.89. The first kappa shape index (κ1) is 20.0. The molecule has 4 rings (SSSR count). The molecule has 1 aliphatic carbocycles. The molecule has 0 unspecified atom stereocenters. The lowest BCUT2D eigenvalue weighted by Gasteiger charge is -2.08. The highest BCUT2D eigenvalue weighted by Gasteiger charge is 2.28. The lowest BCUT2D eigenvalue weighted by Crippen LogP contribution is -2.25. The summed E-state index contributed by atoms with van der Waals surface area (Å²) in [6.07, 6.45) is 1.71. The summed E-state index contributed by atoms with van der Waals surface area (Å²) >= 11 is 7.20. The minimum absolute atomic E-state index is 0.0179. The van der Waals surface area contributed by atoms with E-state index in [-0.39, 0.29) is 16.8 Å². The quantitative estimate of drug-likeness (QED) is 0.583. The number of amides is 1. The van der Waals surface area contributed by atoms with Crippen LogP contribution in [0.5, 0.6) is 0 Å². The number of rotatable bonds is 6. The normalized spacial score (nSPS) is 14.0. The van der Waals surface area contributed by atoms with Crippen molar-refractivity contribution in [1.82, 2.24) is 9.71 Å². The van der Waals surface area contributed by atoms with Gasteiger partial charge in [0.05, 0.1) is 10.6 Å². The number of sulfonamides is 1. The van der Waals surface area contributed by atoms with Crippen LogP contribution in [0.2, 0.25) is 5.02 Å². The van der Waals surface area contributed by atoms with Crippen LogP contribution in [0, 0.1) is 6.92 Å². The van der Waals surface area contributed by atoms with E-state index >= 15 is 0 Å². The topological polar surface area (TPSA) is 88.2 Å². The third-order valence-corrected chi connectivity index (χ3v) is 7.37. The Balaban J connectivity index is 1.54. The standard InChI is InChI=1S/C20H18ClN3O3S2/c1-12-18(28-20(22-12)13-5-7-14(21)8-6-13)19(25)23-16-3-2-4-17(11-16)29(26,27)24-15-9-10-15/h2-8,11,15,24H,9-10H2,1H3,(H,23,25). The van der Waals surface area contributed by atoms with Gasteiger partial charge < -0.3 is 5.32 Å². The Bertz CT molecular complexity index is 1170. The van der Waals surface area contributed by atoms with Crippen molar-refractivity contribution >= 4 is 44.6 Å². The van der Waals surface area contributed by atoms with Gasteiger partial charge in [-0.25, -0.2) is 18.1 Å². The number of hydrogen-bond donors (Lipinski definition) is 2. The number of anilines is 1. The van der Waals surface area contributed by atoms with E-state index in [2.05, 4.69) is 15.0 Å². The highest BCUT2D eigenvalue weighted by Crippen LogP contribution is 2.30. The van der Waals surface area contributed by atoms with Crippen LogP contribution in [-0.4, -0.2) is 25.4 Å². The molecular weight excluding hydrogens is 430 g/mol. The summed E-state index contributed by atoms with van der Waals surface area (Å²) in [5.41, 5.74) is 1.90. The fourth-order valence-electron chi connectivity index (χ4n) is 2.74. The third kappa shape index (κ3) is 4.67. The molecule has 2 aromatic carbocycles. The maximum atomic E-state index is 12.8. The number of carbonyl (C=O) groups is 1. The number of nitrogens with zero attached hydrogens (tertiary/aromatic N) is 1. The van der Waals surface area contributed by atoms with E-state index in [0.29, 0.717) is 26.3 Å². The van der Waals surface area contributed by atoms with E-state index in [1.54, 1.807) is 31.2 Å². The van der Waals surface area contributed by atoms with Gasteiger partial charge in [-0.2, -0.15) is 0 Å². The van der Waals surface area contributed by atoms with E-state index in [1.807, 2.05) is 12.1 Å². The molecule has 29 heavy (non-hydrogen) atoms. The SMILES string of the molecule is Cc1nc(-c2ccc(Cl)cc2)sc1C(=O)Nc1cccc(S(=O)(=O)NC2CC2)c1. The number of carbonyl (C=O) groups excluding carboxylic acids is 1. The molecule has 1 aromatic heterocycles. The Kier molecular flexibility index (Phi) is 5.44. The number of aromatic nitrogens is 1. The molecule has 1 fully saturated rings. The molecule has 0 atom stereocenters. The van der Waals surface area contributed by atoms with E-state index < -0.39 is 10.0 Å². The Morgan fingerprint density at radius 3 is 2.59 bits per heavy atom. The van der Waals surface area contributed by atoms with Crippen molar-refractivity contribution in [2.75, 3.05) is 5.32 Å². The van der Waals surface area contributed by atoms with Gasteiger partial charge in [-0.05, 0) is 50.1 Å². The van der Waals surface area contributed by atoms with Crippen molar-refractivity contribution in [3.8, 4) is 10.6 Å². The van der Waals surface area contributed by atoms with Crippen LogP contribution in [0.15, 0.2) is 53.4 Å². The number of aryl methyl sites for hydroxylation is 1. The van der Waals surface area contributed by atoms with E-state index in [9.17, 15) is 13.2 Å². The molecule has 9 heteroatoms. The van der Waals surface area contributed by atoms with Crippen LogP contribution in [0.1, 0.15) is 28.2 Å². The van der Waals surface area contributed by atoms with Gasteiger partial charge in [0.1, 0.15) is 9.88 Å². The van der Waals surface area contributed by atoms with E-state index in [4.69, 9.17) is 11.6 Å². The van der Waals surface area contributed by atoms with Crippen LogP contribution in [-0.2, 0) is 10.0 Å². The molecule has 0 bridgehead atoms. The number of nitrogens with one attached hydrogen (secondary N) is 2. The Labute approximate surface area is 178 Å². The summed E-state index contributed by atoms with van der Waals surface area (Å²) in [6.45, 7) is 1.77. The summed E-state index contributed by atoms with van der Waals surface area (Å²) in [5, 5.41) is 4.12. The maximum Gasteiger partial charge on any atom is 0.267 e. The number of benzene rings is 2. The van der Waals surface area contributed by atoms with Crippen LogP contribution in [0.25, 0.3) is 10.6 Å². The molecule has 6 nitrogen and oxygen atoms in total. The third-order valence-electron chi connectivity index (χ3n) is 4.40. The second kappa shape index (κ2) is 7.87. The lowest BCUT2D eigenvalue weighted by molar-refractivity contribution is 0.102. The van der Waals surface area contributed by atoms with Crippen LogP contribution in [0.4, 0.5) is 5.69 Å². The van der Waals surface area contributed by atoms with Gasteiger partial charge >= 0.3 is 0 Å². The monoisotopic (exact) mass is 447 g/mol. The largest absolute Gasteiger partial charge is 0.321 e. The minimum Gasteiger partial charge on any atom is -0.321 e. The molecular formula is C20H18ClN3O3S2. The van der Waals surface area contributed by atoms with Gasteiger partial charge in [0, 0.05) is 22.3 Å². The van der Waals surface area contributed by atoms with Crippen molar-refractivity contribution in [3.05, 3.63) is 64.1 Å². The molecule has 3 aromatic rings. The predicted molar refractivity (Wildman–Crippen MR) is 115 cm³/mol. The summed E-state index contributed by atoms with van der Waals surface area (Å²) < 4.78 is 27.4. The molecule has 1 amide bonds. The van der Waals surface area contributed by atoms with E-state index in [1.165, 1.54) is 23.5 Å². The number of hydrogen-bond acceptors (Lipinski definition) is 5. The van der Waals surface area contributed by atoms with Crippen molar-refractivity contribution < 1.29 is 13.2 Å². The molecule has 2 N–H and O–H groups in total. The summed E-state index contributed by atoms with van der Waals surface area (Å²) in [6, 6.07) is 13.5. The van der Waals surface area contributed by atoms with Crippen molar-refractivity contribution in [3.63, 3.8) is 0 Å². The zero-order valence-corrected chi connectivity index (χ0v) is 17.9. The van der Waals surface area contributed by atoms with Crippen molar-refractivity contribution in [1.29, 1.82) is 0 Å². The summed E-state index contributed by atoms with van der Waals surface area (Å²) in [4.78, 5) is 17.8. The second-order valence-electron chi connectivity index (χ2n) is 6.82. The average molecular weight is 448 g/mol. The first-order valence-corrected chi connectivity index (χ1v) is 11.7. The van der Waals surface area contributed by atoms with Gasteiger partial charge in [-0.1, -0.05) is 29.8 Å². The Hall–Kier alpha value is -2.26. The predicted octanol–water partition coefficient (Wildman–Crippen LogP) is 4.46. The number of thiazole rings is 1. The molecule has 0 aliphatic heterocycles. The van der Waals surface area contributed by atoms with Crippen molar-refractivity contribution in [2.45, 2.75) is 30.7 Å². The second-order valence-corrected chi connectivity index (χ2v) is 9.97. The van der Waals surface area contributed by atoms with Crippen LogP contribution < -0.4 is 10.0 Å². The molecule has 0 spiro atoms. The minimum atomic E-state index is -3.59. The molecule has 1 heterocycles. The van der Waals surface area contributed by atoms with Gasteiger partial charge in [0.25, 0.3) is 5.91 Å². The molecule has 1 aliphatic rings. The fourth-order valence-corrected chi connectivity index (χ4v) is 5.18. The summed E-state index contributed by atoms with van der Waals surface area (Å²) in [5.74, 6) is -0.329. The van der Waals surface area contributed by atoms with Crippen LogP contribution >= 0.6 is 22.9 Å². The first-order valence-electron chi connectivity index (χ1n) is 8.99. The Morgan fingerprint density at radius 1 is 1.17 bits per heavy atom. The average Bonchev–Trinajstić information content (AvgIpc) is 3.40. The fraction of sp³-hybridized carbons (Fsp3) is 0.200. The molecule has 0 radical (unpaired) electrons. The summed E-state index contributed by atoms with van der Waals surface area (Å²) in [7, 11) is -3.59. The van der Waals surface area contributed by atoms with Gasteiger partial charge in [-0.3, -0.25) is 4.79 Å². The van der Waals surface area contributed by atoms with Crippen LogP contribution in [0.3, 0.4) is 0 Å². The van der Waals surface area contributed by atoms with E-state index in [0.717, 1.165) is 18.4 Å². The Morgan fingerprint density at radius 2 is 1.90 bits per heavy atom. The van der Waals surface area contributed by atoms with Gasteiger partial charge in [0.2, 0.25) is 10.0 Å². The van der Waals surface area contributed by atoms with Gasteiger partial charge in [0.15, 0.2) is 0 Å². The molecule has 0 saturated heterocycles. The maximum absolute atomic E-state index is 12.8. The van der Waals surface area contributed by atoms with Crippen molar-refractivity contribution in [2.24, 2.45) is 0 Å². The van der Waals surface area contributed by atoms with Gasteiger partial charge in [-0.15, -0.1) is 11.3 Å². The first-order chi connectivity index (χ1) is 13.8. The zero-order valence-electron chi connectivity index (χ0n) is 15.5. The lowest BCUT2D eigenvalue weighted by atomic mass is 10.2. The molecule has 150 valence electrons.